The molecule has 1 N–H and O–H groups in total. The molecule has 4 rings (SSSR count). The fourth-order valence-corrected chi connectivity index (χ4v) is 4.37. The topological polar surface area (TPSA) is 106 Å². The van der Waals surface area contributed by atoms with Crippen LogP contribution >= 0.6 is 0 Å². The van der Waals surface area contributed by atoms with E-state index in [9.17, 15) is 9.59 Å². The summed E-state index contributed by atoms with van der Waals surface area (Å²) in [5.74, 6) is 3.04. The van der Waals surface area contributed by atoms with Crippen molar-refractivity contribution in [2.24, 2.45) is 0 Å². The number of benzene rings is 1. The number of oxazole rings is 1. The fraction of sp³-hybridized carbons (Fsp3) is 0.480. The number of allylic oxidation sites excluding steroid dienone is 1. The molecule has 1 aromatic heterocycles. The minimum Gasteiger partial charge on any atom is -0.493 e. The van der Waals surface area contributed by atoms with Gasteiger partial charge in [-0.05, 0) is 18.2 Å². The number of nitrogens with zero attached hydrogens (tertiary/aromatic N) is 3. The molecule has 10 heteroatoms. The van der Waals surface area contributed by atoms with Gasteiger partial charge >= 0.3 is 0 Å². The van der Waals surface area contributed by atoms with Crippen LogP contribution < -0.4 is 19.5 Å². The first-order valence-electron chi connectivity index (χ1n) is 11.7. The second kappa shape index (κ2) is 11.4. The normalized spacial score (nSPS) is 16.1. The maximum absolute atomic E-state index is 12.4. The predicted octanol–water partition coefficient (Wildman–Crippen LogP) is 1.32. The summed E-state index contributed by atoms with van der Waals surface area (Å²) < 4.78 is 22.1. The minimum absolute atomic E-state index is 0.0106. The van der Waals surface area contributed by atoms with Crippen LogP contribution in [-0.2, 0) is 29.0 Å². The van der Waals surface area contributed by atoms with Crippen molar-refractivity contribution >= 4 is 17.8 Å². The van der Waals surface area contributed by atoms with Crippen LogP contribution in [0.2, 0.25) is 0 Å². The molecule has 0 spiro atoms. The molecule has 10 nitrogen and oxygen atoms in total. The van der Waals surface area contributed by atoms with Crippen molar-refractivity contribution in [1.82, 2.24) is 20.1 Å². The summed E-state index contributed by atoms with van der Waals surface area (Å²) in [5.41, 5.74) is 1.74. The van der Waals surface area contributed by atoms with Crippen molar-refractivity contribution in [1.29, 1.82) is 0 Å². The number of ketones is 1. The zero-order valence-corrected chi connectivity index (χ0v) is 20.5. The fourth-order valence-electron chi connectivity index (χ4n) is 4.37. The third-order valence-electron chi connectivity index (χ3n) is 6.21. The monoisotopic (exact) mass is 484 g/mol. The number of methoxy groups -OCH3 is 3. The molecule has 0 atom stereocenters. The molecular formula is C25H32N4O6. The molecule has 0 radical (unpaired) electrons. The lowest BCUT2D eigenvalue weighted by Crippen LogP contribution is -2.49. The second-order valence-electron chi connectivity index (χ2n) is 8.54. The first kappa shape index (κ1) is 24.7. The Morgan fingerprint density at radius 3 is 2.49 bits per heavy atom. The number of piperazine rings is 1. The lowest BCUT2D eigenvalue weighted by molar-refractivity contribution is -0.122. The summed E-state index contributed by atoms with van der Waals surface area (Å²) in [5, 5.41) is 2.94. The van der Waals surface area contributed by atoms with Gasteiger partial charge in [0, 0.05) is 51.3 Å². The Balaban J connectivity index is 1.20. The third-order valence-corrected chi connectivity index (χ3v) is 6.21. The van der Waals surface area contributed by atoms with E-state index in [4.69, 9.17) is 18.6 Å². The van der Waals surface area contributed by atoms with Gasteiger partial charge in [-0.3, -0.25) is 19.4 Å². The van der Waals surface area contributed by atoms with Crippen LogP contribution in [-0.4, -0.2) is 87.1 Å². The van der Waals surface area contributed by atoms with E-state index in [1.807, 2.05) is 12.1 Å². The van der Waals surface area contributed by atoms with E-state index in [1.165, 1.54) is 6.08 Å². The zero-order chi connectivity index (χ0) is 24.8. The van der Waals surface area contributed by atoms with E-state index < -0.39 is 0 Å². The summed E-state index contributed by atoms with van der Waals surface area (Å²) in [6, 6.07) is 3.89. The van der Waals surface area contributed by atoms with E-state index in [0.717, 1.165) is 38.3 Å². The van der Waals surface area contributed by atoms with Gasteiger partial charge in [0.25, 0.3) is 0 Å². The van der Waals surface area contributed by atoms with Crippen LogP contribution in [0.3, 0.4) is 0 Å². The molecule has 0 saturated carbocycles. The van der Waals surface area contributed by atoms with E-state index >= 15 is 0 Å². The molecule has 2 aromatic rings. The first-order chi connectivity index (χ1) is 17.0. The summed E-state index contributed by atoms with van der Waals surface area (Å²) in [7, 11) is 4.84. The number of amides is 1. The Hall–Kier alpha value is -3.37. The Bertz CT molecular complexity index is 1090. The lowest BCUT2D eigenvalue weighted by atomic mass is 10.1. The molecule has 2 heterocycles. The van der Waals surface area contributed by atoms with Crippen molar-refractivity contribution in [3.63, 3.8) is 0 Å². The third kappa shape index (κ3) is 6.01. The maximum Gasteiger partial charge on any atom is 0.234 e. The van der Waals surface area contributed by atoms with Gasteiger partial charge in [-0.1, -0.05) is 6.07 Å². The average Bonchev–Trinajstić information content (AvgIpc) is 3.26. The van der Waals surface area contributed by atoms with Crippen molar-refractivity contribution in [3.8, 4) is 17.2 Å². The van der Waals surface area contributed by atoms with Gasteiger partial charge in [-0.15, -0.1) is 0 Å². The molecule has 35 heavy (non-hydrogen) atoms. The molecule has 2 aliphatic rings. The molecule has 0 bridgehead atoms. The highest BCUT2D eigenvalue weighted by Crippen LogP contribution is 2.40. The van der Waals surface area contributed by atoms with Crippen LogP contribution in [0.5, 0.6) is 17.2 Å². The number of ether oxygens (including phenoxy) is 3. The molecule has 1 amide bonds. The summed E-state index contributed by atoms with van der Waals surface area (Å²) in [4.78, 5) is 32.7. The van der Waals surface area contributed by atoms with Gasteiger partial charge in [-0.25, -0.2) is 4.98 Å². The van der Waals surface area contributed by atoms with E-state index in [1.54, 1.807) is 27.4 Å². The number of hydrogen-bond acceptors (Lipinski definition) is 9. The highest BCUT2D eigenvalue weighted by Gasteiger charge is 2.23. The van der Waals surface area contributed by atoms with E-state index in [-0.39, 0.29) is 18.1 Å². The standard InChI is InChI=1S/C25H32N4O6/c1-32-20-7-4-17(24(33-2)25(20)34-3)15-28-10-12-29(13-11-28)16-22(31)26-9-8-23-27-19-6-5-18(30)14-21(19)35-23/h4-7H,8-16H2,1-3H3,(H,26,31). The average molecular weight is 485 g/mol. The quantitative estimate of drug-likeness (QED) is 0.534. The van der Waals surface area contributed by atoms with Crippen LogP contribution in [0.4, 0.5) is 0 Å². The number of hydrogen-bond donors (Lipinski definition) is 1. The predicted molar refractivity (Wildman–Crippen MR) is 129 cm³/mol. The van der Waals surface area contributed by atoms with Gasteiger partial charge in [0.2, 0.25) is 11.7 Å². The van der Waals surface area contributed by atoms with Crippen LogP contribution in [0.25, 0.3) is 6.08 Å². The molecule has 1 aliphatic carbocycles. The van der Waals surface area contributed by atoms with E-state index in [0.29, 0.717) is 54.1 Å². The summed E-state index contributed by atoms with van der Waals surface area (Å²) in [6.45, 7) is 4.82. The van der Waals surface area contributed by atoms with Crippen molar-refractivity contribution in [2.45, 2.75) is 19.4 Å². The highest BCUT2D eigenvalue weighted by atomic mass is 16.5. The molecular weight excluding hydrogens is 452 g/mol. The number of nitrogens with one attached hydrogen (secondary N) is 1. The van der Waals surface area contributed by atoms with Crippen LogP contribution in [0.15, 0.2) is 22.6 Å². The van der Waals surface area contributed by atoms with Gasteiger partial charge in [0.05, 0.1) is 34.3 Å². The van der Waals surface area contributed by atoms with Gasteiger partial charge in [0.1, 0.15) is 11.5 Å². The Morgan fingerprint density at radius 2 is 1.77 bits per heavy atom. The first-order valence-corrected chi connectivity index (χ1v) is 11.7. The van der Waals surface area contributed by atoms with Gasteiger partial charge in [0.15, 0.2) is 23.2 Å². The second-order valence-corrected chi connectivity index (χ2v) is 8.54. The molecule has 1 saturated heterocycles. The minimum atomic E-state index is -0.0218. The number of rotatable bonds is 10. The zero-order valence-electron chi connectivity index (χ0n) is 20.5. The maximum atomic E-state index is 12.4. The van der Waals surface area contributed by atoms with Gasteiger partial charge in [-0.2, -0.15) is 0 Å². The van der Waals surface area contributed by atoms with Crippen molar-refractivity contribution in [2.75, 3.05) is 60.6 Å². The Labute approximate surface area is 204 Å². The lowest BCUT2D eigenvalue weighted by Gasteiger charge is -2.34. The van der Waals surface area contributed by atoms with Crippen LogP contribution in [0, 0.1) is 0 Å². The molecule has 188 valence electrons. The molecule has 1 aromatic carbocycles. The molecule has 1 aliphatic heterocycles. The number of carbonyl (C=O) groups is 2. The van der Waals surface area contributed by atoms with E-state index in [2.05, 4.69) is 20.1 Å². The number of fused-ring (bicyclic) bond motifs is 1. The molecule has 1 fully saturated rings. The smallest absolute Gasteiger partial charge is 0.234 e. The largest absolute Gasteiger partial charge is 0.493 e. The number of carbonyl (C=O) groups excluding carboxylic acids is 2. The summed E-state index contributed by atoms with van der Waals surface area (Å²) >= 11 is 0. The van der Waals surface area contributed by atoms with Crippen LogP contribution in [0.1, 0.15) is 22.9 Å². The Morgan fingerprint density at radius 1 is 1.03 bits per heavy atom. The van der Waals surface area contributed by atoms with Crippen molar-refractivity contribution in [3.05, 3.63) is 41.1 Å². The number of aromatic nitrogens is 1. The molecule has 0 unspecified atom stereocenters. The highest BCUT2D eigenvalue weighted by molar-refractivity contribution is 5.97. The van der Waals surface area contributed by atoms with Gasteiger partial charge < -0.3 is 23.9 Å². The SMILES string of the molecule is COc1ccc(CN2CCN(CC(=O)NCCc3nc4c(o3)CC(=O)C=C4)CC2)c(OC)c1OC. The Kier molecular flexibility index (Phi) is 8.04. The van der Waals surface area contributed by atoms with Crippen molar-refractivity contribution < 1.29 is 28.2 Å². The summed E-state index contributed by atoms with van der Waals surface area (Å²) in [6.07, 6.45) is 3.92.